The lowest BCUT2D eigenvalue weighted by Gasteiger charge is -2.29. The highest BCUT2D eigenvalue weighted by Crippen LogP contribution is 2.28. The molecule has 0 radical (unpaired) electrons. The molecule has 1 atom stereocenters. The van der Waals surface area contributed by atoms with Crippen molar-refractivity contribution >= 4 is 23.4 Å². The standard InChI is InChI=1S/C17H20N2OS/c1-12-4-8-14(9-5-12)19-17(2,16(18)20)13-6-10-15(21-3)11-7-13/h4-11,19H,1-3H3,(H2,18,20). The molecule has 2 aromatic rings. The van der Waals surface area contributed by atoms with E-state index < -0.39 is 11.4 Å². The van der Waals surface area contributed by atoms with E-state index in [1.807, 2.05) is 68.6 Å². The Morgan fingerprint density at radius 1 is 1.10 bits per heavy atom. The van der Waals surface area contributed by atoms with Crippen molar-refractivity contribution in [3.05, 3.63) is 59.7 Å². The summed E-state index contributed by atoms with van der Waals surface area (Å²) in [6.07, 6.45) is 2.02. The third kappa shape index (κ3) is 3.39. The van der Waals surface area contributed by atoms with Crippen LogP contribution in [0.25, 0.3) is 0 Å². The van der Waals surface area contributed by atoms with Crippen LogP contribution in [0.5, 0.6) is 0 Å². The van der Waals surface area contributed by atoms with E-state index in [2.05, 4.69) is 5.32 Å². The van der Waals surface area contributed by atoms with Gasteiger partial charge in [0.1, 0.15) is 5.54 Å². The fourth-order valence-electron chi connectivity index (χ4n) is 2.13. The molecule has 3 nitrogen and oxygen atoms in total. The van der Waals surface area contributed by atoms with E-state index in [4.69, 9.17) is 5.73 Å². The van der Waals surface area contributed by atoms with Crippen molar-refractivity contribution in [3.63, 3.8) is 0 Å². The lowest BCUT2D eigenvalue weighted by molar-refractivity contribution is -0.122. The zero-order chi connectivity index (χ0) is 15.5. The average molecular weight is 300 g/mol. The number of primary amides is 1. The van der Waals surface area contributed by atoms with Crippen molar-refractivity contribution in [2.75, 3.05) is 11.6 Å². The fourth-order valence-corrected chi connectivity index (χ4v) is 2.53. The van der Waals surface area contributed by atoms with Crippen molar-refractivity contribution in [1.29, 1.82) is 0 Å². The van der Waals surface area contributed by atoms with Crippen LogP contribution in [0.1, 0.15) is 18.1 Å². The van der Waals surface area contributed by atoms with Gasteiger partial charge in [-0.05, 0) is 49.9 Å². The first-order chi connectivity index (χ1) is 9.95. The van der Waals surface area contributed by atoms with Crippen molar-refractivity contribution in [2.45, 2.75) is 24.3 Å². The van der Waals surface area contributed by atoms with E-state index in [1.165, 1.54) is 5.56 Å². The number of hydrogen-bond acceptors (Lipinski definition) is 3. The molecule has 0 fully saturated rings. The van der Waals surface area contributed by atoms with Crippen LogP contribution in [0.2, 0.25) is 0 Å². The molecule has 110 valence electrons. The van der Waals surface area contributed by atoms with E-state index in [-0.39, 0.29) is 0 Å². The fraction of sp³-hybridized carbons (Fsp3) is 0.235. The molecule has 2 aromatic carbocycles. The first-order valence-corrected chi connectivity index (χ1v) is 7.97. The maximum absolute atomic E-state index is 12.0. The number of anilines is 1. The van der Waals surface area contributed by atoms with Gasteiger partial charge in [-0.25, -0.2) is 0 Å². The van der Waals surface area contributed by atoms with Crippen LogP contribution < -0.4 is 11.1 Å². The van der Waals surface area contributed by atoms with E-state index in [1.54, 1.807) is 11.8 Å². The Labute approximate surface area is 129 Å². The number of amides is 1. The summed E-state index contributed by atoms with van der Waals surface area (Å²) in [5.74, 6) is -0.403. The first-order valence-electron chi connectivity index (χ1n) is 6.75. The molecule has 0 bridgehead atoms. The number of nitrogens with one attached hydrogen (secondary N) is 1. The predicted octanol–water partition coefficient (Wildman–Crippen LogP) is 3.53. The van der Waals surface area contributed by atoms with E-state index in [0.29, 0.717) is 0 Å². The molecule has 0 heterocycles. The van der Waals surface area contributed by atoms with Crippen molar-refractivity contribution in [1.82, 2.24) is 0 Å². The smallest absolute Gasteiger partial charge is 0.247 e. The summed E-state index contributed by atoms with van der Waals surface area (Å²) < 4.78 is 0. The minimum atomic E-state index is -0.938. The number of nitrogens with two attached hydrogens (primary N) is 1. The number of thioether (sulfide) groups is 1. The number of aryl methyl sites for hydroxylation is 1. The van der Waals surface area contributed by atoms with Crippen LogP contribution in [0.4, 0.5) is 5.69 Å². The monoisotopic (exact) mass is 300 g/mol. The molecule has 0 aromatic heterocycles. The molecule has 1 unspecified atom stereocenters. The molecular formula is C17H20N2OS. The van der Waals surface area contributed by atoms with Crippen LogP contribution in [-0.4, -0.2) is 12.2 Å². The molecule has 0 aliphatic carbocycles. The second kappa shape index (κ2) is 6.22. The maximum atomic E-state index is 12.0. The SMILES string of the molecule is CSc1ccc(C(C)(Nc2ccc(C)cc2)C(N)=O)cc1. The van der Waals surface area contributed by atoms with Crippen molar-refractivity contribution in [3.8, 4) is 0 Å². The van der Waals surface area contributed by atoms with Gasteiger partial charge in [0.2, 0.25) is 5.91 Å². The Hall–Kier alpha value is -1.94. The Balaban J connectivity index is 2.34. The van der Waals surface area contributed by atoms with Crippen LogP contribution in [0, 0.1) is 6.92 Å². The lowest BCUT2D eigenvalue weighted by Crippen LogP contribution is -2.45. The zero-order valence-corrected chi connectivity index (χ0v) is 13.3. The van der Waals surface area contributed by atoms with Gasteiger partial charge in [-0.1, -0.05) is 29.8 Å². The van der Waals surface area contributed by atoms with E-state index in [9.17, 15) is 4.79 Å². The van der Waals surface area contributed by atoms with Crippen LogP contribution in [0.3, 0.4) is 0 Å². The summed E-state index contributed by atoms with van der Waals surface area (Å²) >= 11 is 1.67. The van der Waals surface area contributed by atoms with Crippen LogP contribution in [0.15, 0.2) is 53.4 Å². The number of carbonyl (C=O) groups excluding carboxylic acids is 1. The molecule has 0 spiro atoms. The third-order valence-corrected chi connectivity index (χ3v) is 4.35. The quantitative estimate of drug-likeness (QED) is 0.831. The molecule has 0 aliphatic rings. The largest absolute Gasteiger partial charge is 0.368 e. The van der Waals surface area contributed by atoms with Gasteiger partial charge in [-0.15, -0.1) is 11.8 Å². The minimum Gasteiger partial charge on any atom is -0.368 e. The second-order valence-corrected chi connectivity index (χ2v) is 6.09. The number of benzene rings is 2. The molecule has 1 amide bonds. The highest BCUT2D eigenvalue weighted by Gasteiger charge is 2.33. The topological polar surface area (TPSA) is 55.1 Å². The van der Waals surface area contributed by atoms with Gasteiger partial charge in [0.25, 0.3) is 0 Å². The minimum absolute atomic E-state index is 0.403. The van der Waals surface area contributed by atoms with E-state index >= 15 is 0 Å². The lowest BCUT2D eigenvalue weighted by atomic mass is 9.91. The Morgan fingerprint density at radius 3 is 2.14 bits per heavy atom. The summed E-state index contributed by atoms with van der Waals surface area (Å²) in [6.45, 7) is 3.83. The third-order valence-electron chi connectivity index (χ3n) is 3.61. The maximum Gasteiger partial charge on any atom is 0.247 e. The molecule has 0 saturated carbocycles. The summed E-state index contributed by atoms with van der Waals surface area (Å²) in [6, 6.07) is 15.8. The molecule has 4 heteroatoms. The Kier molecular flexibility index (Phi) is 4.58. The zero-order valence-electron chi connectivity index (χ0n) is 12.5. The van der Waals surface area contributed by atoms with Crippen LogP contribution >= 0.6 is 11.8 Å². The number of hydrogen-bond donors (Lipinski definition) is 2. The average Bonchev–Trinajstić information content (AvgIpc) is 2.49. The van der Waals surface area contributed by atoms with Gasteiger partial charge in [-0.2, -0.15) is 0 Å². The molecule has 2 rings (SSSR count). The van der Waals surface area contributed by atoms with Gasteiger partial charge in [0.15, 0.2) is 0 Å². The summed E-state index contributed by atoms with van der Waals surface area (Å²) in [4.78, 5) is 13.2. The molecule has 0 aliphatic heterocycles. The molecule has 21 heavy (non-hydrogen) atoms. The highest BCUT2D eigenvalue weighted by molar-refractivity contribution is 7.98. The first kappa shape index (κ1) is 15.4. The molecular weight excluding hydrogens is 280 g/mol. The summed E-state index contributed by atoms with van der Waals surface area (Å²) in [7, 11) is 0. The van der Waals surface area contributed by atoms with E-state index in [0.717, 1.165) is 16.1 Å². The van der Waals surface area contributed by atoms with Gasteiger partial charge in [-0.3, -0.25) is 4.79 Å². The summed E-state index contributed by atoms with van der Waals surface area (Å²) in [5, 5.41) is 3.25. The van der Waals surface area contributed by atoms with Crippen molar-refractivity contribution in [2.24, 2.45) is 5.73 Å². The van der Waals surface area contributed by atoms with Crippen molar-refractivity contribution < 1.29 is 4.79 Å². The Bertz CT molecular complexity index is 622. The van der Waals surface area contributed by atoms with Gasteiger partial charge in [0.05, 0.1) is 0 Å². The van der Waals surface area contributed by atoms with Gasteiger partial charge >= 0.3 is 0 Å². The van der Waals surface area contributed by atoms with Crippen LogP contribution in [-0.2, 0) is 10.3 Å². The molecule has 0 saturated heterocycles. The second-order valence-electron chi connectivity index (χ2n) is 5.21. The predicted molar refractivity (Wildman–Crippen MR) is 89.6 cm³/mol. The highest BCUT2D eigenvalue weighted by atomic mass is 32.2. The Morgan fingerprint density at radius 2 is 1.67 bits per heavy atom. The normalized spacial score (nSPS) is 13.5. The number of rotatable bonds is 5. The van der Waals surface area contributed by atoms with Gasteiger partial charge in [0, 0.05) is 10.6 Å². The molecule has 3 N–H and O–H groups in total. The summed E-state index contributed by atoms with van der Waals surface area (Å²) in [5.41, 5.74) is 7.60. The van der Waals surface area contributed by atoms with Gasteiger partial charge < -0.3 is 11.1 Å². The number of carbonyl (C=O) groups is 1.